The molecule has 0 fully saturated rings. The number of nitrogens with zero attached hydrogens (tertiary/aromatic N) is 1. The van der Waals surface area contributed by atoms with Gasteiger partial charge < -0.3 is 15.2 Å². The minimum Gasteiger partial charge on any atom is -0.347 e. The summed E-state index contributed by atoms with van der Waals surface area (Å²) < 4.78 is 2.21. The number of hydrogen-bond acceptors (Lipinski definition) is 2. The molecule has 1 atom stereocenters. The number of carbonyl (C=O) groups is 2. The Labute approximate surface area is 169 Å². The van der Waals surface area contributed by atoms with Crippen LogP contribution >= 0.6 is 11.6 Å². The molecule has 0 aliphatic carbocycles. The minimum absolute atomic E-state index is 0.290. The molecule has 3 rings (SSSR count). The van der Waals surface area contributed by atoms with Gasteiger partial charge in [-0.15, -0.1) is 0 Å². The van der Waals surface area contributed by atoms with E-state index >= 15 is 0 Å². The largest absolute Gasteiger partial charge is 0.347 e. The number of hydrogen-bond donors (Lipinski definition) is 2. The van der Waals surface area contributed by atoms with E-state index in [2.05, 4.69) is 35.2 Å². The lowest BCUT2D eigenvalue weighted by atomic mass is 10.2. The summed E-state index contributed by atoms with van der Waals surface area (Å²) in [4.78, 5) is 24.8. The molecular formula is C22H24ClN3O2. The Balaban J connectivity index is 1.66. The number of rotatable bonds is 6. The zero-order valence-corrected chi connectivity index (χ0v) is 17.0. The SMILES string of the molecule is CC(C)Cn1ccc2cc(NC(=O)C(C)NC(=O)c3ccccc3Cl)ccc21. The lowest BCUT2D eigenvalue weighted by molar-refractivity contribution is -0.117. The van der Waals surface area contributed by atoms with Gasteiger partial charge in [0, 0.05) is 29.3 Å². The molecule has 0 spiro atoms. The second kappa shape index (κ2) is 8.48. The molecule has 0 saturated heterocycles. The Bertz CT molecular complexity index is 1010. The highest BCUT2D eigenvalue weighted by Gasteiger charge is 2.18. The average Bonchev–Trinajstić information content (AvgIpc) is 3.03. The molecule has 0 bridgehead atoms. The molecule has 146 valence electrons. The number of anilines is 1. The Morgan fingerprint density at radius 3 is 2.54 bits per heavy atom. The molecule has 0 aliphatic rings. The van der Waals surface area contributed by atoms with Crippen LogP contribution < -0.4 is 10.6 Å². The number of aromatic nitrogens is 1. The summed E-state index contributed by atoms with van der Waals surface area (Å²) in [6.45, 7) is 6.94. The van der Waals surface area contributed by atoms with Crippen LogP contribution in [-0.4, -0.2) is 22.4 Å². The third kappa shape index (κ3) is 4.54. The van der Waals surface area contributed by atoms with E-state index in [1.165, 1.54) is 0 Å². The summed E-state index contributed by atoms with van der Waals surface area (Å²) in [6, 6.07) is 13.9. The predicted octanol–water partition coefficient (Wildman–Crippen LogP) is 4.71. The lowest BCUT2D eigenvalue weighted by Gasteiger charge is -2.15. The highest BCUT2D eigenvalue weighted by molar-refractivity contribution is 6.33. The molecule has 2 N–H and O–H groups in total. The quantitative estimate of drug-likeness (QED) is 0.632. The van der Waals surface area contributed by atoms with E-state index in [0.717, 1.165) is 17.4 Å². The van der Waals surface area contributed by atoms with Gasteiger partial charge in [-0.1, -0.05) is 37.6 Å². The first-order valence-corrected chi connectivity index (χ1v) is 9.68. The van der Waals surface area contributed by atoms with Gasteiger partial charge in [0.05, 0.1) is 10.6 Å². The van der Waals surface area contributed by atoms with Gasteiger partial charge in [0.15, 0.2) is 0 Å². The summed E-state index contributed by atoms with van der Waals surface area (Å²) in [7, 11) is 0. The van der Waals surface area contributed by atoms with E-state index in [1.54, 1.807) is 31.2 Å². The van der Waals surface area contributed by atoms with Crippen molar-refractivity contribution in [3.05, 3.63) is 65.3 Å². The first kappa shape index (κ1) is 20.0. The second-order valence-corrected chi connectivity index (χ2v) is 7.71. The van der Waals surface area contributed by atoms with Crippen molar-refractivity contribution >= 4 is 40.0 Å². The fourth-order valence-corrected chi connectivity index (χ4v) is 3.29. The number of amides is 2. The van der Waals surface area contributed by atoms with Crippen LogP contribution in [0, 0.1) is 5.92 Å². The van der Waals surface area contributed by atoms with E-state index in [-0.39, 0.29) is 11.8 Å². The normalized spacial score (nSPS) is 12.2. The van der Waals surface area contributed by atoms with E-state index in [0.29, 0.717) is 22.2 Å². The first-order chi connectivity index (χ1) is 13.3. The van der Waals surface area contributed by atoms with Gasteiger partial charge in [0.1, 0.15) is 6.04 Å². The zero-order chi connectivity index (χ0) is 20.3. The van der Waals surface area contributed by atoms with Crippen molar-refractivity contribution in [2.75, 3.05) is 5.32 Å². The van der Waals surface area contributed by atoms with Crippen molar-refractivity contribution < 1.29 is 9.59 Å². The maximum Gasteiger partial charge on any atom is 0.253 e. The van der Waals surface area contributed by atoms with Crippen molar-refractivity contribution in [2.24, 2.45) is 5.92 Å². The number of halogens is 1. The summed E-state index contributed by atoms with van der Waals surface area (Å²) >= 11 is 6.04. The predicted molar refractivity (Wildman–Crippen MR) is 114 cm³/mol. The second-order valence-electron chi connectivity index (χ2n) is 7.30. The van der Waals surface area contributed by atoms with Crippen LogP contribution in [-0.2, 0) is 11.3 Å². The molecule has 0 radical (unpaired) electrons. The van der Waals surface area contributed by atoms with Gasteiger partial charge in [-0.05, 0) is 49.2 Å². The Morgan fingerprint density at radius 2 is 1.82 bits per heavy atom. The van der Waals surface area contributed by atoms with Gasteiger partial charge in [-0.25, -0.2) is 0 Å². The summed E-state index contributed by atoms with van der Waals surface area (Å²) in [6.07, 6.45) is 2.06. The van der Waals surface area contributed by atoms with Gasteiger partial charge >= 0.3 is 0 Å². The molecule has 0 saturated carbocycles. The Kier molecular flexibility index (Phi) is 6.05. The van der Waals surface area contributed by atoms with E-state index in [1.807, 2.05) is 24.3 Å². The van der Waals surface area contributed by atoms with Crippen LogP contribution in [0.25, 0.3) is 10.9 Å². The molecule has 2 amide bonds. The highest BCUT2D eigenvalue weighted by Crippen LogP contribution is 2.22. The maximum atomic E-state index is 12.5. The fraction of sp³-hybridized carbons (Fsp3) is 0.273. The van der Waals surface area contributed by atoms with Crippen LogP contribution in [0.3, 0.4) is 0 Å². The van der Waals surface area contributed by atoms with Gasteiger partial charge in [0.25, 0.3) is 5.91 Å². The van der Waals surface area contributed by atoms with Crippen molar-refractivity contribution in [3.8, 4) is 0 Å². The average molecular weight is 398 g/mol. The fourth-order valence-electron chi connectivity index (χ4n) is 3.07. The van der Waals surface area contributed by atoms with Crippen LogP contribution in [0.1, 0.15) is 31.1 Å². The Hall–Kier alpha value is -2.79. The van der Waals surface area contributed by atoms with E-state index in [9.17, 15) is 9.59 Å². The molecule has 1 aromatic heterocycles. The topological polar surface area (TPSA) is 63.1 Å². The number of benzene rings is 2. The van der Waals surface area contributed by atoms with E-state index in [4.69, 9.17) is 11.6 Å². The van der Waals surface area contributed by atoms with Gasteiger partial charge in [-0.2, -0.15) is 0 Å². The van der Waals surface area contributed by atoms with Crippen LogP contribution in [0.5, 0.6) is 0 Å². The smallest absolute Gasteiger partial charge is 0.253 e. The molecule has 28 heavy (non-hydrogen) atoms. The molecule has 5 nitrogen and oxygen atoms in total. The standard InChI is InChI=1S/C22H24ClN3O2/c1-14(2)13-26-11-10-16-12-17(8-9-20(16)26)25-21(27)15(3)24-22(28)18-6-4-5-7-19(18)23/h4-12,14-15H,13H2,1-3H3,(H,24,28)(H,25,27). The Morgan fingerprint density at radius 1 is 1.07 bits per heavy atom. The summed E-state index contributed by atoms with van der Waals surface area (Å²) in [5.74, 6) is -0.117. The van der Waals surface area contributed by atoms with Crippen molar-refractivity contribution in [2.45, 2.75) is 33.4 Å². The number of carbonyl (C=O) groups excluding carboxylic acids is 2. The monoisotopic (exact) mass is 397 g/mol. The molecule has 2 aromatic carbocycles. The summed E-state index contributed by atoms with van der Waals surface area (Å²) in [5, 5.41) is 6.95. The molecule has 0 aliphatic heterocycles. The van der Waals surface area contributed by atoms with Crippen molar-refractivity contribution in [1.29, 1.82) is 0 Å². The van der Waals surface area contributed by atoms with Crippen molar-refractivity contribution in [3.63, 3.8) is 0 Å². The third-order valence-corrected chi connectivity index (χ3v) is 4.79. The molecule has 1 heterocycles. The van der Waals surface area contributed by atoms with Crippen LogP contribution in [0.4, 0.5) is 5.69 Å². The van der Waals surface area contributed by atoms with Crippen molar-refractivity contribution in [1.82, 2.24) is 9.88 Å². The van der Waals surface area contributed by atoms with Crippen LogP contribution in [0.2, 0.25) is 5.02 Å². The van der Waals surface area contributed by atoms with E-state index < -0.39 is 6.04 Å². The number of nitrogens with one attached hydrogen (secondary N) is 2. The van der Waals surface area contributed by atoms with Gasteiger partial charge in [-0.3, -0.25) is 9.59 Å². The maximum absolute atomic E-state index is 12.5. The minimum atomic E-state index is -0.704. The van der Waals surface area contributed by atoms with Gasteiger partial charge in [0.2, 0.25) is 5.91 Å². The molecule has 1 unspecified atom stereocenters. The lowest BCUT2D eigenvalue weighted by Crippen LogP contribution is -2.41. The summed E-state index contributed by atoms with van der Waals surface area (Å²) in [5.41, 5.74) is 2.17. The third-order valence-electron chi connectivity index (χ3n) is 4.46. The number of fused-ring (bicyclic) bond motifs is 1. The highest BCUT2D eigenvalue weighted by atomic mass is 35.5. The molecule has 3 aromatic rings. The van der Waals surface area contributed by atoms with Crippen LogP contribution in [0.15, 0.2) is 54.7 Å². The molecular weight excluding hydrogens is 374 g/mol. The first-order valence-electron chi connectivity index (χ1n) is 9.30. The molecule has 6 heteroatoms. The zero-order valence-electron chi connectivity index (χ0n) is 16.2.